The molecule has 0 bridgehead atoms. The fourth-order valence-electron chi connectivity index (χ4n) is 2.53. The Labute approximate surface area is 105 Å². The number of nitrogens with one attached hydrogen (secondary N) is 2. The van der Waals surface area contributed by atoms with Crippen LogP contribution in [0, 0.1) is 0 Å². The number of nitrogens with zero attached hydrogens (tertiary/aromatic N) is 1. The van der Waals surface area contributed by atoms with Crippen molar-refractivity contribution in [3.8, 4) is 0 Å². The van der Waals surface area contributed by atoms with E-state index in [4.69, 9.17) is 0 Å². The lowest BCUT2D eigenvalue weighted by atomic mass is 10.1. The maximum Gasteiger partial charge on any atom is 0.259 e. The number of fused-ring (bicyclic) bond motifs is 1. The number of aromatic nitrogens is 2. The van der Waals surface area contributed by atoms with Gasteiger partial charge < -0.3 is 9.88 Å². The summed E-state index contributed by atoms with van der Waals surface area (Å²) in [6, 6.07) is 10.4. The Kier molecular flexibility index (Phi) is 2.94. The van der Waals surface area contributed by atoms with Gasteiger partial charge in [-0.25, -0.2) is 4.98 Å². The SMILES string of the molecule is O=c1[nH]cnc2c1C[NH+](Cc1ccccc1)CC2. The maximum atomic E-state index is 11.8. The molecule has 2 N–H and O–H groups in total. The van der Waals surface area contributed by atoms with E-state index in [0.717, 1.165) is 37.3 Å². The number of benzene rings is 1. The third-order valence-corrected chi connectivity index (χ3v) is 3.48. The molecule has 0 spiro atoms. The summed E-state index contributed by atoms with van der Waals surface area (Å²) in [5, 5.41) is 0. The Hall–Kier alpha value is -1.94. The van der Waals surface area contributed by atoms with Gasteiger partial charge in [-0.15, -0.1) is 0 Å². The van der Waals surface area contributed by atoms with Crippen molar-refractivity contribution in [3.63, 3.8) is 0 Å². The molecule has 0 saturated carbocycles. The molecular formula is C14H16N3O+. The normalized spacial score (nSPS) is 18.3. The summed E-state index contributed by atoms with van der Waals surface area (Å²) in [7, 11) is 0. The van der Waals surface area contributed by atoms with Crippen molar-refractivity contribution in [1.82, 2.24) is 9.97 Å². The van der Waals surface area contributed by atoms with Gasteiger partial charge in [-0.2, -0.15) is 0 Å². The Balaban J connectivity index is 1.79. The monoisotopic (exact) mass is 242 g/mol. The van der Waals surface area contributed by atoms with Crippen molar-refractivity contribution < 1.29 is 4.90 Å². The second kappa shape index (κ2) is 4.74. The molecule has 1 aliphatic heterocycles. The van der Waals surface area contributed by atoms with Crippen LogP contribution in [-0.4, -0.2) is 16.5 Å². The van der Waals surface area contributed by atoms with E-state index in [1.807, 2.05) is 6.07 Å². The van der Waals surface area contributed by atoms with Gasteiger partial charge in [0.15, 0.2) is 0 Å². The molecule has 3 rings (SSSR count). The van der Waals surface area contributed by atoms with E-state index < -0.39 is 0 Å². The third kappa shape index (κ3) is 2.19. The first kappa shape index (κ1) is 11.2. The molecule has 1 unspecified atom stereocenters. The van der Waals surface area contributed by atoms with Gasteiger partial charge in [0.05, 0.1) is 24.1 Å². The summed E-state index contributed by atoms with van der Waals surface area (Å²) in [4.78, 5) is 20.1. The van der Waals surface area contributed by atoms with E-state index in [1.165, 1.54) is 16.8 Å². The first-order valence-electron chi connectivity index (χ1n) is 6.26. The Bertz CT molecular complexity index is 591. The number of H-pyrrole nitrogens is 1. The van der Waals surface area contributed by atoms with Crippen molar-refractivity contribution in [2.75, 3.05) is 6.54 Å². The molecular weight excluding hydrogens is 226 g/mol. The molecule has 0 aliphatic carbocycles. The fraction of sp³-hybridized carbons (Fsp3) is 0.286. The molecule has 4 nitrogen and oxygen atoms in total. The van der Waals surface area contributed by atoms with Gasteiger partial charge in [-0.3, -0.25) is 4.79 Å². The van der Waals surface area contributed by atoms with Gasteiger partial charge in [0.25, 0.3) is 5.56 Å². The fourth-order valence-corrected chi connectivity index (χ4v) is 2.53. The molecule has 2 aromatic rings. The van der Waals surface area contributed by atoms with Crippen molar-refractivity contribution in [3.05, 3.63) is 63.8 Å². The van der Waals surface area contributed by atoms with Crippen LogP contribution in [0.2, 0.25) is 0 Å². The maximum absolute atomic E-state index is 11.8. The molecule has 0 radical (unpaired) electrons. The first-order valence-corrected chi connectivity index (χ1v) is 6.26. The van der Waals surface area contributed by atoms with Crippen molar-refractivity contribution in [1.29, 1.82) is 0 Å². The minimum atomic E-state index is 0.0188. The number of quaternary nitrogens is 1. The minimum absolute atomic E-state index is 0.0188. The van der Waals surface area contributed by atoms with Gasteiger partial charge in [0, 0.05) is 12.0 Å². The molecule has 1 aromatic carbocycles. The van der Waals surface area contributed by atoms with Crippen LogP contribution in [0.25, 0.3) is 0 Å². The lowest BCUT2D eigenvalue weighted by Crippen LogP contribution is -3.10. The molecule has 2 heterocycles. The molecule has 1 aliphatic rings. The Morgan fingerprint density at radius 3 is 2.94 bits per heavy atom. The number of rotatable bonds is 2. The Morgan fingerprint density at radius 1 is 1.28 bits per heavy atom. The predicted molar refractivity (Wildman–Crippen MR) is 68.2 cm³/mol. The zero-order valence-corrected chi connectivity index (χ0v) is 10.1. The summed E-state index contributed by atoms with van der Waals surface area (Å²) in [6.07, 6.45) is 2.39. The van der Waals surface area contributed by atoms with Crippen molar-refractivity contribution in [2.45, 2.75) is 19.5 Å². The zero-order chi connectivity index (χ0) is 12.4. The van der Waals surface area contributed by atoms with E-state index in [-0.39, 0.29) is 5.56 Å². The van der Waals surface area contributed by atoms with Gasteiger partial charge in [-0.05, 0) is 0 Å². The summed E-state index contributed by atoms with van der Waals surface area (Å²) < 4.78 is 0. The zero-order valence-electron chi connectivity index (χ0n) is 10.1. The van der Waals surface area contributed by atoms with Gasteiger partial charge in [0.1, 0.15) is 13.1 Å². The second-order valence-electron chi connectivity index (χ2n) is 4.75. The van der Waals surface area contributed by atoms with E-state index in [0.29, 0.717) is 0 Å². The van der Waals surface area contributed by atoms with Gasteiger partial charge in [0.2, 0.25) is 0 Å². The van der Waals surface area contributed by atoms with E-state index in [1.54, 1.807) is 0 Å². The summed E-state index contributed by atoms with van der Waals surface area (Å²) in [5.74, 6) is 0. The molecule has 1 aromatic heterocycles. The highest BCUT2D eigenvalue weighted by molar-refractivity contribution is 5.17. The van der Waals surface area contributed by atoms with E-state index in [2.05, 4.69) is 34.2 Å². The van der Waals surface area contributed by atoms with Crippen LogP contribution in [0.15, 0.2) is 41.5 Å². The van der Waals surface area contributed by atoms with Gasteiger partial charge in [-0.1, -0.05) is 30.3 Å². The van der Waals surface area contributed by atoms with Crippen molar-refractivity contribution in [2.24, 2.45) is 0 Å². The molecule has 0 saturated heterocycles. The molecule has 1 atom stereocenters. The second-order valence-corrected chi connectivity index (χ2v) is 4.75. The molecule has 0 amide bonds. The largest absolute Gasteiger partial charge is 0.327 e. The number of aromatic amines is 1. The third-order valence-electron chi connectivity index (χ3n) is 3.48. The van der Waals surface area contributed by atoms with Crippen LogP contribution in [-0.2, 0) is 19.5 Å². The highest BCUT2D eigenvalue weighted by Gasteiger charge is 2.22. The van der Waals surface area contributed by atoms with Crippen LogP contribution in [0.5, 0.6) is 0 Å². The van der Waals surface area contributed by atoms with E-state index >= 15 is 0 Å². The van der Waals surface area contributed by atoms with Crippen LogP contribution in [0.3, 0.4) is 0 Å². The standard InChI is InChI=1S/C14H15N3O/c18-14-12-9-17(7-6-13(12)15-10-16-14)8-11-4-2-1-3-5-11/h1-5,10H,6-9H2,(H,15,16,18)/p+1. The predicted octanol–water partition coefficient (Wildman–Crippen LogP) is -0.0889. The highest BCUT2D eigenvalue weighted by Crippen LogP contribution is 2.03. The Morgan fingerprint density at radius 2 is 2.11 bits per heavy atom. The summed E-state index contributed by atoms with van der Waals surface area (Å²) in [6.45, 7) is 2.78. The summed E-state index contributed by atoms with van der Waals surface area (Å²) >= 11 is 0. The van der Waals surface area contributed by atoms with Crippen LogP contribution >= 0.6 is 0 Å². The molecule has 92 valence electrons. The lowest BCUT2D eigenvalue weighted by Gasteiger charge is -2.24. The van der Waals surface area contributed by atoms with Crippen LogP contribution in [0.4, 0.5) is 0 Å². The molecule has 4 heteroatoms. The topological polar surface area (TPSA) is 50.2 Å². The molecule has 0 fully saturated rings. The lowest BCUT2D eigenvalue weighted by molar-refractivity contribution is -0.929. The highest BCUT2D eigenvalue weighted by atomic mass is 16.1. The minimum Gasteiger partial charge on any atom is -0.327 e. The first-order chi connectivity index (χ1) is 8.83. The number of hydrogen-bond acceptors (Lipinski definition) is 2. The number of hydrogen-bond donors (Lipinski definition) is 2. The van der Waals surface area contributed by atoms with Crippen molar-refractivity contribution >= 4 is 0 Å². The smallest absolute Gasteiger partial charge is 0.259 e. The average molecular weight is 242 g/mol. The molecule has 18 heavy (non-hydrogen) atoms. The van der Waals surface area contributed by atoms with Gasteiger partial charge >= 0.3 is 0 Å². The van der Waals surface area contributed by atoms with Crippen LogP contribution < -0.4 is 10.5 Å². The quantitative estimate of drug-likeness (QED) is 0.773. The van der Waals surface area contributed by atoms with Crippen LogP contribution in [0.1, 0.15) is 16.8 Å². The summed E-state index contributed by atoms with van der Waals surface area (Å²) in [5.41, 5.74) is 3.16. The average Bonchev–Trinajstić information content (AvgIpc) is 2.41. The van der Waals surface area contributed by atoms with E-state index in [9.17, 15) is 4.79 Å².